The molecule has 0 unspecified atom stereocenters. The monoisotopic (exact) mass is 424 g/mol. The zero-order valence-electron chi connectivity index (χ0n) is 15.2. The molecule has 8 heteroatoms. The van der Waals surface area contributed by atoms with Crippen LogP contribution in [0.3, 0.4) is 0 Å². The summed E-state index contributed by atoms with van der Waals surface area (Å²) in [5.74, 6) is 0.982. The van der Waals surface area contributed by atoms with Gasteiger partial charge in [0.25, 0.3) is 10.0 Å². The second kappa shape index (κ2) is 7.06. The molecule has 4 aromatic rings. The first-order chi connectivity index (χ1) is 14.1. The molecule has 0 radical (unpaired) electrons. The fourth-order valence-corrected chi connectivity index (χ4v) is 5.14. The second-order valence-corrected chi connectivity index (χ2v) is 9.19. The van der Waals surface area contributed by atoms with Crippen LogP contribution < -0.4 is 14.2 Å². The molecule has 1 aromatic heterocycles. The van der Waals surface area contributed by atoms with Crippen molar-refractivity contribution >= 4 is 37.3 Å². The van der Waals surface area contributed by atoms with E-state index in [9.17, 15) is 8.42 Å². The summed E-state index contributed by atoms with van der Waals surface area (Å²) in [4.78, 5) is 4.76. The predicted octanol–water partition coefficient (Wildman–Crippen LogP) is 4.54. The van der Waals surface area contributed by atoms with E-state index in [2.05, 4.69) is 9.71 Å². The molecule has 0 amide bonds. The lowest BCUT2D eigenvalue weighted by molar-refractivity contribution is 0.171. The van der Waals surface area contributed by atoms with Crippen molar-refractivity contribution in [1.82, 2.24) is 4.98 Å². The maximum absolute atomic E-state index is 12.9. The zero-order chi connectivity index (χ0) is 19.8. The van der Waals surface area contributed by atoms with Crippen molar-refractivity contribution in [3.8, 4) is 22.1 Å². The van der Waals surface area contributed by atoms with Crippen LogP contribution in [0.5, 0.6) is 11.5 Å². The Balaban J connectivity index is 1.45. The lowest BCUT2D eigenvalue weighted by Gasteiger charge is -2.19. The van der Waals surface area contributed by atoms with Crippen LogP contribution in [0.4, 0.5) is 5.69 Å². The third kappa shape index (κ3) is 3.52. The number of hydrogen-bond acceptors (Lipinski definition) is 6. The summed E-state index contributed by atoms with van der Waals surface area (Å²) < 4.78 is 40.4. The summed E-state index contributed by atoms with van der Waals surface area (Å²) in [6.07, 6.45) is 0. The Morgan fingerprint density at radius 2 is 1.72 bits per heavy atom. The normalized spacial score (nSPS) is 13.4. The first kappa shape index (κ1) is 18.0. The van der Waals surface area contributed by atoms with Gasteiger partial charge >= 0.3 is 0 Å². The summed E-state index contributed by atoms with van der Waals surface area (Å²) in [5.41, 5.74) is 2.25. The first-order valence-electron chi connectivity index (χ1n) is 8.97. The van der Waals surface area contributed by atoms with Crippen molar-refractivity contribution in [1.29, 1.82) is 0 Å². The number of sulfonamides is 1. The van der Waals surface area contributed by atoms with Gasteiger partial charge in [0, 0.05) is 17.3 Å². The molecule has 146 valence electrons. The van der Waals surface area contributed by atoms with Crippen molar-refractivity contribution in [3.05, 3.63) is 66.7 Å². The number of anilines is 1. The highest BCUT2D eigenvalue weighted by atomic mass is 32.2. The molecule has 0 saturated heterocycles. The number of nitrogens with one attached hydrogen (secondary N) is 1. The van der Waals surface area contributed by atoms with Gasteiger partial charge in [-0.25, -0.2) is 13.4 Å². The van der Waals surface area contributed by atoms with Gasteiger partial charge < -0.3 is 9.47 Å². The predicted molar refractivity (Wildman–Crippen MR) is 113 cm³/mol. The van der Waals surface area contributed by atoms with E-state index in [1.807, 2.05) is 36.4 Å². The summed E-state index contributed by atoms with van der Waals surface area (Å²) in [7, 11) is -3.77. The fourth-order valence-electron chi connectivity index (χ4n) is 3.12. The minimum atomic E-state index is -3.77. The molecule has 0 atom stereocenters. The average molecular weight is 425 g/mol. The van der Waals surface area contributed by atoms with Gasteiger partial charge in [-0.3, -0.25) is 4.72 Å². The lowest BCUT2D eigenvalue weighted by Crippen LogP contribution is -2.17. The van der Waals surface area contributed by atoms with E-state index in [1.54, 1.807) is 29.5 Å². The quantitative estimate of drug-likeness (QED) is 0.521. The maximum atomic E-state index is 12.9. The standard InChI is InChI=1S/C21H16N2O4S2/c24-29(25,16-8-9-18-19(13-16)27-11-10-26-18)23-15-5-3-4-14(12-15)21-22-17-6-1-2-7-20(17)28-21/h1-9,12-13,23H,10-11H2. The van der Waals surface area contributed by atoms with Gasteiger partial charge in [0.1, 0.15) is 18.2 Å². The van der Waals surface area contributed by atoms with Crippen LogP contribution in [0.15, 0.2) is 71.6 Å². The minimum Gasteiger partial charge on any atom is -0.486 e. The van der Waals surface area contributed by atoms with E-state index in [1.165, 1.54) is 12.1 Å². The highest BCUT2D eigenvalue weighted by molar-refractivity contribution is 7.92. The average Bonchev–Trinajstić information content (AvgIpc) is 3.18. The van der Waals surface area contributed by atoms with Crippen LogP contribution in [-0.4, -0.2) is 26.6 Å². The van der Waals surface area contributed by atoms with Crippen molar-refractivity contribution in [2.45, 2.75) is 4.90 Å². The highest BCUT2D eigenvalue weighted by Gasteiger charge is 2.20. The molecule has 0 spiro atoms. The number of ether oxygens (including phenoxy) is 2. The molecule has 3 aromatic carbocycles. The molecule has 0 bridgehead atoms. The van der Waals surface area contributed by atoms with Crippen molar-refractivity contribution < 1.29 is 17.9 Å². The van der Waals surface area contributed by atoms with Crippen LogP contribution >= 0.6 is 11.3 Å². The molecule has 0 saturated carbocycles. The Morgan fingerprint density at radius 1 is 0.897 bits per heavy atom. The van der Waals surface area contributed by atoms with Gasteiger partial charge in [0.05, 0.1) is 15.1 Å². The lowest BCUT2D eigenvalue weighted by atomic mass is 10.2. The Hall–Kier alpha value is -3.10. The van der Waals surface area contributed by atoms with Gasteiger partial charge in [-0.1, -0.05) is 24.3 Å². The number of thiazole rings is 1. The minimum absolute atomic E-state index is 0.118. The molecule has 1 N–H and O–H groups in total. The smallest absolute Gasteiger partial charge is 0.262 e. The topological polar surface area (TPSA) is 77.5 Å². The van der Waals surface area contributed by atoms with Crippen molar-refractivity contribution in [2.75, 3.05) is 17.9 Å². The molecule has 0 fully saturated rings. The molecule has 5 rings (SSSR count). The molecule has 0 aliphatic carbocycles. The van der Waals surface area contributed by atoms with Crippen LogP contribution in [0.25, 0.3) is 20.8 Å². The molecule has 1 aliphatic heterocycles. The summed E-state index contributed by atoms with van der Waals surface area (Å²) >= 11 is 1.57. The molecular weight excluding hydrogens is 408 g/mol. The largest absolute Gasteiger partial charge is 0.486 e. The third-order valence-electron chi connectivity index (χ3n) is 4.48. The zero-order valence-corrected chi connectivity index (χ0v) is 16.8. The number of fused-ring (bicyclic) bond motifs is 2. The summed E-state index contributed by atoms with van der Waals surface area (Å²) in [6.45, 7) is 0.851. The summed E-state index contributed by atoms with van der Waals surface area (Å²) in [5, 5.41) is 0.839. The Morgan fingerprint density at radius 3 is 2.59 bits per heavy atom. The van der Waals surface area contributed by atoms with Crippen LogP contribution in [0.1, 0.15) is 0 Å². The molecule has 6 nitrogen and oxygen atoms in total. The molecule has 1 aliphatic rings. The highest BCUT2D eigenvalue weighted by Crippen LogP contribution is 2.34. The van der Waals surface area contributed by atoms with Crippen LogP contribution in [-0.2, 0) is 10.0 Å². The van der Waals surface area contributed by atoms with E-state index in [0.717, 1.165) is 20.8 Å². The van der Waals surface area contributed by atoms with Gasteiger partial charge in [0.15, 0.2) is 11.5 Å². The van der Waals surface area contributed by atoms with Gasteiger partial charge in [-0.15, -0.1) is 11.3 Å². The van der Waals surface area contributed by atoms with E-state index in [-0.39, 0.29) is 4.90 Å². The number of hydrogen-bond donors (Lipinski definition) is 1. The Kier molecular flexibility index (Phi) is 4.37. The van der Waals surface area contributed by atoms with Crippen molar-refractivity contribution in [2.24, 2.45) is 0 Å². The van der Waals surface area contributed by atoms with Crippen LogP contribution in [0, 0.1) is 0 Å². The molecular formula is C21H16N2O4S2. The molecule has 29 heavy (non-hydrogen) atoms. The number of benzene rings is 3. The van der Waals surface area contributed by atoms with E-state index in [4.69, 9.17) is 9.47 Å². The first-order valence-corrected chi connectivity index (χ1v) is 11.3. The summed E-state index contributed by atoms with van der Waals surface area (Å²) in [6, 6.07) is 19.7. The van der Waals surface area contributed by atoms with E-state index >= 15 is 0 Å². The number of para-hydroxylation sites is 1. The SMILES string of the molecule is O=S(=O)(Nc1cccc(-c2nc3ccccc3s2)c1)c1ccc2c(c1)OCCO2. The van der Waals surface area contributed by atoms with Gasteiger partial charge in [-0.2, -0.15) is 0 Å². The third-order valence-corrected chi connectivity index (χ3v) is 6.94. The van der Waals surface area contributed by atoms with Crippen LogP contribution in [0.2, 0.25) is 0 Å². The van der Waals surface area contributed by atoms with E-state index < -0.39 is 10.0 Å². The fraction of sp³-hybridized carbons (Fsp3) is 0.0952. The number of rotatable bonds is 4. The molecule has 2 heterocycles. The Labute approximate surface area is 171 Å². The van der Waals surface area contributed by atoms with Gasteiger partial charge in [0.2, 0.25) is 0 Å². The maximum Gasteiger partial charge on any atom is 0.262 e. The van der Waals surface area contributed by atoms with Gasteiger partial charge in [-0.05, 0) is 36.4 Å². The van der Waals surface area contributed by atoms with Crippen molar-refractivity contribution in [3.63, 3.8) is 0 Å². The second-order valence-electron chi connectivity index (χ2n) is 6.48. The number of nitrogens with zero attached hydrogens (tertiary/aromatic N) is 1. The number of aromatic nitrogens is 1. The Bertz CT molecular complexity index is 1280. The van der Waals surface area contributed by atoms with E-state index in [0.29, 0.717) is 30.4 Å².